The van der Waals surface area contributed by atoms with Crippen LogP contribution in [0.15, 0.2) is 0 Å². The first-order valence-electron chi connectivity index (χ1n) is 3.25. The molecule has 0 amide bonds. The average molecular weight is 113 g/mol. The van der Waals surface area contributed by atoms with E-state index in [1.807, 2.05) is 0 Å². The van der Waals surface area contributed by atoms with E-state index in [1.165, 1.54) is 25.7 Å². The van der Waals surface area contributed by atoms with Crippen molar-refractivity contribution in [3.8, 4) is 0 Å². The van der Waals surface area contributed by atoms with Gasteiger partial charge in [0.2, 0.25) is 0 Å². The van der Waals surface area contributed by atoms with Crippen molar-refractivity contribution in [3.05, 3.63) is 0 Å². The molecule has 0 bridgehead atoms. The molecule has 0 aliphatic heterocycles. The van der Waals surface area contributed by atoms with E-state index in [0.717, 1.165) is 0 Å². The Balaban J connectivity index is 0.000000122. The summed E-state index contributed by atoms with van der Waals surface area (Å²) in [6.07, 6.45) is 6.00. The maximum atomic E-state index is 6.50. The summed E-state index contributed by atoms with van der Waals surface area (Å²) in [7, 11) is 0. The van der Waals surface area contributed by atoms with Gasteiger partial charge >= 0.3 is 0 Å². The molecule has 0 aromatic carbocycles. The predicted molar refractivity (Wildman–Crippen MR) is 37.5 cm³/mol. The molecule has 1 nitrogen and oxygen atoms in total. The van der Waals surface area contributed by atoms with Crippen molar-refractivity contribution in [2.24, 2.45) is 0 Å². The van der Waals surface area contributed by atoms with Crippen molar-refractivity contribution in [1.82, 2.24) is 0 Å². The van der Waals surface area contributed by atoms with E-state index >= 15 is 0 Å². The summed E-state index contributed by atoms with van der Waals surface area (Å²) in [5, 5.41) is 6.50. The molecule has 0 unspecified atom stereocenters. The molecule has 1 heteroatoms. The number of hydrogen-bond acceptors (Lipinski definition) is 1. The Morgan fingerprint density at radius 3 is 1.12 bits per heavy atom. The Kier molecular flexibility index (Phi) is 4.62. The first-order valence-corrected chi connectivity index (χ1v) is 3.25. The maximum absolute atomic E-state index is 6.50. The van der Waals surface area contributed by atoms with Gasteiger partial charge in [0, 0.05) is 5.71 Å². The standard InChI is InChI=1S/C4H8.C3H7N/c1-2-4-3-1;1-3(2)4/h1-4H2;4H,1-2H3. The molecule has 1 fully saturated rings. The highest BCUT2D eigenvalue weighted by Gasteiger charge is 1.95. The van der Waals surface area contributed by atoms with Crippen molar-refractivity contribution >= 4 is 5.71 Å². The van der Waals surface area contributed by atoms with Crippen LogP contribution in [0.25, 0.3) is 0 Å². The Bertz CT molecular complexity index is 54.8. The Morgan fingerprint density at radius 2 is 1.12 bits per heavy atom. The van der Waals surface area contributed by atoms with Gasteiger partial charge < -0.3 is 5.41 Å². The van der Waals surface area contributed by atoms with E-state index in [9.17, 15) is 0 Å². The monoisotopic (exact) mass is 113 g/mol. The summed E-state index contributed by atoms with van der Waals surface area (Å²) in [5.74, 6) is 0. The molecular formula is C7H15N. The smallest absolute Gasteiger partial charge is 0.00272 e. The SMILES string of the molecule is C1CCC1.CC(C)=N. The molecule has 1 aliphatic carbocycles. The van der Waals surface area contributed by atoms with Gasteiger partial charge in [0.05, 0.1) is 0 Å². The van der Waals surface area contributed by atoms with Gasteiger partial charge in [0.15, 0.2) is 0 Å². The minimum atomic E-state index is 0.667. The zero-order valence-corrected chi connectivity index (χ0v) is 5.83. The summed E-state index contributed by atoms with van der Waals surface area (Å²) in [4.78, 5) is 0. The molecule has 0 aromatic rings. The normalized spacial score (nSPS) is 15.2. The Morgan fingerprint density at radius 1 is 1.00 bits per heavy atom. The Labute approximate surface area is 51.6 Å². The fourth-order valence-corrected chi connectivity index (χ4v) is 0.250. The molecule has 0 aromatic heterocycles. The van der Waals surface area contributed by atoms with E-state index in [1.54, 1.807) is 13.8 Å². The lowest BCUT2D eigenvalue weighted by Gasteiger charge is -2.05. The van der Waals surface area contributed by atoms with Crippen LogP contribution < -0.4 is 0 Å². The predicted octanol–water partition coefficient (Wildman–Crippen LogP) is 2.61. The average Bonchev–Trinajstić information content (AvgIpc) is 1.19. The fraction of sp³-hybridized carbons (Fsp3) is 0.857. The van der Waals surface area contributed by atoms with Gasteiger partial charge in [-0.2, -0.15) is 0 Å². The van der Waals surface area contributed by atoms with Crippen LogP contribution in [0.3, 0.4) is 0 Å². The summed E-state index contributed by atoms with van der Waals surface area (Å²) in [5.41, 5.74) is 0.667. The molecule has 0 heterocycles. The molecule has 0 radical (unpaired) electrons. The molecule has 1 saturated carbocycles. The zero-order chi connectivity index (χ0) is 6.41. The highest BCUT2D eigenvalue weighted by molar-refractivity contribution is 5.75. The third kappa shape index (κ3) is 9.18. The second kappa shape index (κ2) is 4.82. The molecule has 1 rings (SSSR count). The molecule has 0 spiro atoms. The van der Waals surface area contributed by atoms with E-state index in [-0.39, 0.29) is 0 Å². The highest BCUT2D eigenvalue weighted by atomic mass is 14.3. The quantitative estimate of drug-likeness (QED) is 0.467. The Hall–Kier alpha value is -0.330. The molecule has 1 N–H and O–H groups in total. The van der Waals surface area contributed by atoms with Crippen LogP contribution in [0.1, 0.15) is 39.5 Å². The highest BCUT2D eigenvalue weighted by Crippen LogP contribution is 2.15. The lowest BCUT2D eigenvalue weighted by Crippen LogP contribution is -1.85. The first kappa shape index (κ1) is 7.67. The number of rotatable bonds is 0. The summed E-state index contributed by atoms with van der Waals surface area (Å²) < 4.78 is 0. The van der Waals surface area contributed by atoms with Gasteiger partial charge in [-0.05, 0) is 13.8 Å². The molecule has 8 heavy (non-hydrogen) atoms. The topological polar surface area (TPSA) is 23.9 Å². The number of hydrogen-bond donors (Lipinski definition) is 1. The van der Waals surface area contributed by atoms with Gasteiger partial charge in [-0.25, -0.2) is 0 Å². The van der Waals surface area contributed by atoms with Crippen LogP contribution >= 0.6 is 0 Å². The van der Waals surface area contributed by atoms with Gasteiger partial charge in [0.1, 0.15) is 0 Å². The van der Waals surface area contributed by atoms with Crippen molar-refractivity contribution in [3.63, 3.8) is 0 Å². The van der Waals surface area contributed by atoms with E-state index in [0.29, 0.717) is 5.71 Å². The number of nitrogens with one attached hydrogen (secondary N) is 1. The maximum Gasteiger partial charge on any atom is 0.00272 e. The van der Waals surface area contributed by atoms with Crippen molar-refractivity contribution in [2.75, 3.05) is 0 Å². The lowest BCUT2D eigenvalue weighted by atomic mass is 10.0. The van der Waals surface area contributed by atoms with Crippen molar-refractivity contribution in [1.29, 1.82) is 5.41 Å². The minimum absolute atomic E-state index is 0.667. The van der Waals surface area contributed by atoms with Crippen molar-refractivity contribution < 1.29 is 0 Å². The van der Waals surface area contributed by atoms with Gasteiger partial charge in [-0.3, -0.25) is 0 Å². The largest absolute Gasteiger partial charge is 0.310 e. The van der Waals surface area contributed by atoms with E-state index < -0.39 is 0 Å². The first-order chi connectivity index (χ1) is 3.73. The van der Waals surface area contributed by atoms with Crippen LogP contribution in [0.5, 0.6) is 0 Å². The van der Waals surface area contributed by atoms with Gasteiger partial charge in [-0.15, -0.1) is 0 Å². The van der Waals surface area contributed by atoms with E-state index in [2.05, 4.69) is 0 Å². The third-order valence-corrected chi connectivity index (χ3v) is 1.000. The molecule has 48 valence electrons. The van der Waals surface area contributed by atoms with Gasteiger partial charge in [0.25, 0.3) is 0 Å². The van der Waals surface area contributed by atoms with Crippen LogP contribution in [0, 0.1) is 5.41 Å². The van der Waals surface area contributed by atoms with Gasteiger partial charge in [-0.1, -0.05) is 25.7 Å². The fourth-order valence-electron chi connectivity index (χ4n) is 0.250. The van der Waals surface area contributed by atoms with Crippen LogP contribution in [-0.2, 0) is 0 Å². The van der Waals surface area contributed by atoms with Crippen molar-refractivity contribution in [2.45, 2.75) is 39.5 Å². The summed E-state index contributed by atoms with van der Waals surface area (Å²) >= 11 is 0. The van der Waals surface area contributed by atoms with Crippen LogP contribution in [0.4, 0.5) is 0 Å². The molecule has 0 atom stereocenters. The molecule has 0 saturated heterocycles. The molecule has 1 aliphatic rings. The van der Waals surface area contributed by atoms with Crippen LogP contribution in [0.2, 0.25) is 0 Å². The second-order valence-corrected chi connectivity index (χ2v) is 2.41. The summed E-state index contributed by atoms with van der Waals surface area (Å²) in [6, 6.07) is 0. The van der Waals surface area contributed by atoms with E-state index in [4.69, 9.17) is 5.41 Å². The third-order valence-electron chi connectivity index (χ3n) is 1.000. The van der Waals surface area contributed by atoms with Crippen LogP contribution in [-0.4, -0.2) is 5.71 Å². The summed E-state index contributed by atoms with van der Waals surface area (Å²) in [6.45, 7) is 3.50. The molecular weight excluding hydrogens is 98.1 g/mol. The minimum Gasteiger partial charge on any atom is -0.310 e. The zero-order valence-electron chi connectivity index (χ0n) is 5.83. The second-order valence-electron chi connectivity index (χ2n) is 2.41. The lowest BCUT2D eigenvalue weighted by molar-refractivity contribution is 0.504.